The number of hydrogen-bond acceptors (Lipinski definition) is 2. The van der Waals surface area contributed by atoms with Gasteiger partial charge in [-0.15, -0.1) is 0 Å². The fraction of sp³-hybridized carbons (Fsp3) is 0.400. The van der Waals surface area contributed by atoms with Crippen LogP contribution in [-0.4, -0.2) is 37.7 Å². The Morgan fingerprint density at radius 2 is 2.30 bits per heavy atom. The van der Waals surface area contributed by atoms with Crippen molar-refractivity contribution in [3.05, 3.63) is 35.5 Å². The van der Waals surface area contributed by atoms with E-state index in [1.807, 2.05) is 0 Å². The minimum Gasteiger partial charge on any atom is -0.383 e. The number of aliphatic imine (C=N–C) groups is 1. The number of guanidine groups is 1. The lowest BCUT2D eigenvalue weighted by atomic mass is 10.1. The first kappa shape index (κ1) is 14.4. The summed E-state index contributed by atoms with van der Waals surface area (Å²) >= 11 is 0. The van der Waals surface area contributed by atoms with Crippen molar-refractivity contribution in [3.63, 3.8) is 0 Å². The number of hydrogen-bond donors (Lipinski definition) is 3. The number of rotatable bonds is 6. The van der Waals surface area contributed by atoms with Crippen molar-refractivity contribution in [2.45, 2.75) is 13.3 Å². The molecule has 2 aromatic rings. The molecule has 0 aliphatic heterocycles. The Kier molecular flexibility index (Phi) is 5.01. The zero-order valence-electron chi connectivity index (χ0n) is 12.1. The van der Waals surface area contributed by atoms with Gasteiger partial charge in [0.25, 0.3) is 0 Å². The fourth-order valence-electron chi connectivity index (χ4n) is 2.29. The number of aryl methyl sites for hydroxylation is 1. The van der Waals surface area contributed by atoms with Gasteiger partial charge in [0, 0.05) is 30.8 Å². The molecule has 0 radical (unpaired) electrons. The SMILES string of the molecule is COCCN=C(N)NCCc1c[nH]c2cccc(C)c12. The van der Waals surface area contributed by atoms with Crippen molar-refractivity contribution < 1.29 is 4.74 Å². The second kappa shape index (κ2) is 6.96. The average Bonchev–Trinajstić information content (AvgIpc) is 2.84. The van der Waals surface area contributed by atoms with Gasteiger partial charge in [0.15, 0.2) is 5.96 Å². The molecular formula is C15H22N4O. The molecule has 0 bridgehead atoms. The molecule has 108 valence electrons. The highest BCUT2D eigenvalue weighted by molar-refractivity contribution is 5.86. The van der Waals surface area contributed by atoms with Crippen molar-refractivity contribution >= 4 is 16.9 Å². The van der Waals surface area contributed by atoms with Gasteiger partial charge in [0.2, 0.25) is 0 Å². The van der Waals surface area contributed by atoms with E-state index in [9.17, 15) is 0 Å². The average molecular weight is 274 g/mol. The van der Waals surface area contributed by atoms with Crippen LogP contribution < -0.4 is 11.1 Å². The Labute approximate surface area is 119 Å². The number of aromatic amines is 1. The molecule has 0 unspecified atom stereocenters. The Balaban J connectivity index is 1.92. The molecule has 20 heavy (non-hydrogen) atoms. The van der Waals surface area contributed by atoms with Crippen LogP contribution in [0.25, 0.3) is 10.9 Å². The molecule has 0 fully saturated rings. The van der Waals surface area contributed by atoms with Crippen LogP contribution in [0.2, 0.25) is 0 Å². The predicted octanol–water partition coefficient (Wildman–Crippen LogP) is 1.57. The van der Waals surface area contributed by atoms with Gasteiger partial charge < -0.3 is 20.8 Å². The molecule has 2 rings (SSSR count). The van der Waals surface area contributed by atoms with Crippen molar-refractivity contribution in [3.8, 4) is 0 Å². The molecule has 0 aliphatic rings. The number of aromatic nitrogens is 1. The van der Waals surface area contributed by atoms with Crippen molar-refractivity contribution in [2.75, 3.05) is 26.8 Å². The monoisotopic (exact) mass is 274 g/mol. The van der Waals surface area contributed by atoms with Crippen LogP contribution in [0.1, 0.15) is 11.1 Å². The van der Waals surface area contributed by atoms with Crippen LogP contribution >= 0.6 is 0 Å². The summed E-state index contributed by atoms with van der Waals surface area (Å²) in [5.41, 5.74) is 9.55. The molecule has 0 aliphatic carbocycles. The van der Waals surface area contributed by atoms with E-state index in [-0.39, 0.29) is 0 Å². The lowest BCUT2D eigenvalue weighted by molar-refractivity contribution is 0.208. The maximum atomic E-state index is 5.77. The second-order valence-corrected chi connectivity index (χ2v) is 4.75. The van der Waals surface area contributed by atoms with E-state index in [1.54, 1.807) is 7.11 Å². The number of H-pyrrole nitrogens is 1. The fourth-order valence-corrected chi connectivity index (χ4v) is 2.29. The van der Waals surface area contributed by atoms with E-state index in [0.29, 0.717) is 19.1 Å². The molecule has 4 N–H and O–H groups in total. The van der Waals surface area contributed by atoms with Crippen molar-refractivity contribution in [1.29, 1.82) is 0 Å². The van der Waals surface area contributed by atoms with Crippen LogP contribution in [0.15, 0.2) is 29.4 Å². The molecule has 0 saturated carbocycles. The van der Waals surface area contributed by atoms with E-state index in [1.165, 1.54) is 22.0 Å². The van der Waals surface area contributed by atoms with E-state index in [2.05, 4.69) is 46.6 Å². The standard InChI is InChI=1S/C15H22N4O/c1-11-4-3-5-13-14(11)12(10-19-13)6-7-17-15(16)18-8-9-20-2/h3-5,10,19H,6-9H2,1-2H3,(H3,16,17,18). The number of benzene rings is 1. The summed E-state index contributed by atoms with van der Waals surface area (Å²) in [6.07, 6.45) is 2.98. The van der Waals surface area contributed by atoms with Crippen LogP contribution in [0.3, 0.4) is 0 Å². The summed E-state index contributed by atoms with van der Waals surface area (Å²) in [7, 11) is 1.65. The van der Waals surface area contributed by atoms with E-state index in [4.69, 9.17) is 10.5 Å². The first-order chi connectivity index (χ1) is 9.72. The van der Waals surface area contributed by atoms with E-state index >= 15 is 0 Å². The lowest BCUT2D eigenvalue weighted by Gasteiger charge is -2.06. The summed E-state index contributed by atoms with van der Waals surface area (Å²) in [5, 5.41) is 4.43. The van der Waals surface area contributed by atoms with Crippen LogP contribution in [0.5, 0.6) is 0 Å². The predicted molar refractivity (Wildman–Crippen MR) is 83.1 cm³/mol. The third-order valence-electron chi connectivity index (χ3n) is 3.27. The minimum absolute atomic E-state index is 0.471. The molecule has 1 aromatic heterocycles. The summed E-state index contributed by atoms with van der Waals surface area (Å²) in [5.74, 6) is 0.471. The summed E-state index contributed by atoms with van der Waals surface area (Å²) in [6.45, 7) is 4.07. The molecule has 5 nitrogen and oxygen atoms in total. The van der Waals surface area contributed by atoms with Gasteiger partial charge in [-0.1, -0.05) is 12.1 Å². The number of fused-ring (bicyclic) bond motifs is 1. The minimum atomic E-state index is 0.471. The highest BCUT2D eigenvalue weighted by Crippen LogP contribution is 2.22. The first-order valence-corrected chi connectivity index (χ1v) is 6.80. The van der Waals surface area contributed by atoms with Crippen LogP contribution in [0.4, 0.5) is 0 Å². The van der Waals surface area contributed by atoms with Gasteiger partial charge in [-0.3, -0.25) is 4.99 Å². The zero-order chi connectivity index (χ0) is 14.4. The molecule has 1 heterocycles. The van der Waals surface area contributed by atoms with Gasteiger partial charge in [-0.2, -0.15) is 0 Å². The molecule has 1 aromatic carbocycles. The van der Waals surface area contributed by atoms with Crippen LogP contribution in [0, 0.1) is 6.92 Å². The smallest absolute Gasteiger partial charge is 0.188 e. The lowest BCUT2D eigenvalue weighted by Crippen LogP contribution is -2.33. The van der Waals surface area contributed by atoms with Gasteiger partial charge >= 0.3 is 0 Å². The number of nitrogens with one attached hydrogen (secondary N) is 2. The Hall–Kier alpha value is -2.01. The maximum absolute atomic E-state index is 5.77. The van der Waals surface area contributed by atoms with E-state index < -0.39 is 0 Å². The summed E-state index contributed by atoms with van der Waals surface area (Å²) < 4.78 is 4.92. The number of methoxy groups -OCH3 is 1. The van der Waals surface area contributed by atoms with E-state index in [0.717, 1.165) is 13.0 Å². The van der Waals surface area contributed by atoms with Gasteiger partial charge in [0.1, 0.15) is 0 Å². The molecule has 0 amide bonds. The second-order valence-electron chi connectivity index (χ2n) is 4.75. The third kappa shape index (κ3) is 3.51. The molecule has 0 spiro atoms. The number of nitrogens with zero attached hydrogens (tertiary/aromatic N) is 1. The highest BCUT2D eigenvalue weighted by atomic mass is 16.5. The molecule has 0 saturated heterocycles. The summed E-state index contributed by atoms with van der Waals surface area (Å²) in [4.78, 5) is 7.47. The highest BCUT2D eigenvalue weighted by Gasteiger charge is 2.05. The van der Waals surface area contributed by atoms with Crippen LogP contribution in [-0.2, 0) is 11.2 Å². The first-order valence-electron chi connectivity index (χ1n) is 6.80. The zero-order valence-corrected chi connectivity index (χ0v) is 12.1. The third-order valence-corrected chi connectivity index (χ3v) is 3.27. The Bertz CT molecular complexity index is 589. The molecule has 0 atom stereocenters. The normalized spacial score (nSPS) is 12.0. The molecular weight excluding hydrogens is 252 g/mol. The topological polar surface area (TPSA) is 75.4 Å². The number of ether oxygens (including phenoxy) is 1. The Morgan fingerprint density at radius 1 is 1.45 bits per heavy atom. The van der Waals surface area contributed by atoms with Crippen molar-refractivity contribution in [1.82, 2.24) is 10.3 Å². The number of nitrogens with two attached hydrogens (primary N) is 1. The van der Waals surface area contributed by atoms with Crippen molar-refractivity contribution in [2.24, 2.45) is 10.7 Å². The van der Waals surface area contributed by atoms with Gasteiger partial charge in [0.05, 0.1) is 13.2 Å². The summed E-state index contributed by atoms with van der Waals surface area (Å²) in [6, 6.07) is 6.30. The maximum Gasteiger partial charge on any atom is 0.188 e. The quantitative estimate of drug-likeness (QED) is 0.425. The Morgan fingerprint density at radius 3 is 3.10 bits per heavy atom. The molecule has 5 heteroatoms. The van der Waals surface area contributed by atoms with Gasteiger partial charge in [-0.25, -0.2) is 0 Å². The largest absolute Gasteiger partial charge is 0.383 e. The van der Waals surface area contributed by atoms with Gasteiger partial charge in [-0.05, 0) is 30.5 Å².